The highest BCUT2D eigenvalue weighted by Crippen LogP contribution is 2.38. The fourth-order valence-corrected chi connectivity index (χ4v) is 7.68. The minimum Gasteiger partial charge on any atom is -0.444 e. The normalized spacial score (nSPS) is 21.4. The molecule has 7 rings (SSSR count). The molecule has 0 atom stereocenters. The monoisotopic (exact) mass is 651 g/mol. The van der Waals surface area contributed by atoms with Crippen LogP contribution in [0.1, 0.15) is 83.2 Å². The Morgan fingerprint density at radius 1 is 0.979 bits per heavy atom. The Balaban J connectivity index is 0.922. The van der Waals surface area contributed by atoms with Crippen molar-refractivity contribution >= 4 is 51.1 Å². The van der Waals surface area contributed by atoms with Crippen LogP contribution in [0.2, 0.25) is 0 Å². The number of piperidine rings is 1. The Bertz CT molecular complexity index is 1830. The molecule has 2 N–H and O–H groups in total. The number of imide groups is 1. The van der Waals surface area contributed by atoms with E-state index in [2.05, 4.69) is 49.6 Å². The van der Waals surface area contributed by atoms with E-state index in [1.807, 2.05) is 45.2 Å². The van der Waals surface area contributed by atoms with Crippen LogP contribution < -0.4 is 15.5 Å². The predicted octanol–water partition coefficient (Wildman–Crippen LogP) is 6.99. The van der Waals surface area contributed by atoms with Crippen LogP contribution in [0, 0.1) is 5.92 Å². The van der Waals surface area contributed by atoms with Gasteiger partial charge in [0.2, 0.25) is 5.91 Å². The van der Waals surface area contributed by atoms with Gasteiger partial charge in [0.1, 0.15) is 5.60 Å². The molecular weight excluding hydrogens is 606 g/mol. The van der Waals surface area contributed by atoms with Gasteiger partial charge in [0, 0.05) is 53.8 Å². The Morgan fingerprint density at radius 2 is 1.77 bits per heavy atom. The van der Waals surface area contributed by atoms with Crippen molar-refractivity contribution in [2.75, 3.05) is 36.4 Å². The smallest absolute Gasteiger partial charge is 0.412 e. The van der Waals surface area contributed by atoms with Gasteiger partial charge in [-0.1, -0.05) is 18.2 Å². The molecule has 4 amide bonds. The van der Waals surface area contributed by atoms with E-state index < -0.39 is 11.7 Å². The summed E-state index contributed by atoms with van der Waals surface area (Å²) in [6.07, 6.45) is 12.4. The molecule has 252 valence electrons. The summed E-state index contributed by atoms with van der Waals surface area (Å²) in [7, 11) is 0. The molecule has 0 unspecified atom stereocenters. The highest BCUT2D eigenvalue weighted by Gasteiger charge is 2.29. The van der Waals surface area contributed by atoms with E-state index in [0.717, 1.165) is 72.7 Å². The average Bonchev–Trinajstić information content (AvgIpc) is 3.48. The highest BCUT2D eigenvalue weighted by molar-refractivity contribution is 6.10. The highest BCUT2D eigenvalue weighted by atomic mass is 16.6. The Hall–Kier alpha value is -4.51. The molecule has 0 radical (unpaired) electrons. The summed E-state index contributed by atoms with van der Waals surface area (Å²) >= 11 is 0. The Morgan fingerprint density at radius 3 is 2.52 bits per heavy atom. The maximum absolute atomic E-state index is 12.6. The molecule has 4 aromatic rings. The number of aromatic nitrogens is 3. The van der Waals surface area contributed by atoms with Crippen molar-refractivity contribution in [3.63, 3.8) is 0 Å². The number of urea groups is 1. The summed E-state index contributed by atoms with van der Waals surface area (Å²) in [5, 5.41) is 13.3. The van der Waals surface area contributed by atoms with Crippen LogP contribution in [0.4, 0.5) is 21.0 Å². The number of anilines is 2. The second-order valence-electron chi connectivity index (χ2n) is 14.6. The van der Waals surface area contributed by atoms with Crippen LogP contribution in [-0.2, 0) is 9.53 Å². The SMILES string of the molecule is CC(C)(C)OC(=O)Nc1ccc2nn(C3CCC(CN4CCC(c5cccc6c(N7CCC(=O)NC7=O)cncc56)CC4)CC3)cc2c1. The van der Waals surface area contributed by atoms with Crippen molar-refractivity contribution in [3.05, 3.63) is 60.6 Å². The minimum atomic E-state index is -0.546. The second-order valence-corrected chi connectivity index (χ2v) is 14.6. The van der Waals surface area contributed by atoms with E-state index in [4.69, 9.17) is 9.84 Å². The number of nitrogens with one attached hydrogen (secondary N) is 2. The zero-order chi connectivity index (χ0) is 33.4. The lowest BCUT2D eigenvalue weighted by Gasteiger charge is -2.37. The molecule has 2 aromatic heterocycles. The summed E-state index contributed by atoms with van der Waals surface area (Å²) in [6, 6.07) is 12.2. The van der Waals surface area contributed by atoms with E-state index in [0.29, 0.717) is 36.5 Å². The number of carbonyl (C=O) groups is 3. The third-order valence-corrected chi connectivity index (χ3v) is 10.1. The molecule has 2 saturated heterocycles. The first kappa shape index (κ1) is 32.1. The quantitative estimate of drug-likeness (QED) is 0.231. The van der Waals surface area contributed by atoms with Crippen molar-refractivity contribution in [3.8, 4) is 0 Å². The van der Waals surface area contributed by atoms with E-state index in [1.165, 1.54) is 18.4 Å². The van der Waals surface area contributed by atoms with Crippen molar-refractivity contribution < 1.29 is 19.1 Å². The van der Waals surface area contributed by atoms with Gasteiger partial charge in [0.05, 0.1) is 23.4 Å². The number of amides is 4. The van der Waals surface area contributed by atoms with Gasteiger partial charge >= 0.3 is 12.1 Å². The molecule has 4 heterocycles. The first-order chi connectivity index (χ1) is 23.1. The number of hydrogen-bond acceptors (Lipinski definition) is 7. The van der Waals surface area contributed by atoms with Crippen LogP contribution in [-0.4, -0.2) is 69.5 Å². The second kappa shape index (κ2) is 13.2. The number of likely N-dealkylation sites (tertiary alicyclic amines) is 1. The zero-order valence-electron chi connectivity index (χ0n) is 28.1. The summed E-state index contributed by atoms with van der Waals surface area (Å²) in [6.45, 7) is 9.22. The Labute approximate surface area is 281 Å². The van der Waals surface area contributed by atoms with Gasteiger partial charge in [-0.15, -0.1) is 0 Å². The van der Waals surface area contributed by atoms with Crippen LogP contribution in [0.5, 0.6) is 0 Å². The lowest BCUT2D eigenvalue weighted by Crippen LogP contribution is -2.49. The molecule has 11 nitrogen and oxygen atoms in total. The average molecular weight is 652 g/mol. The summed E-state index contributed by atoms with van der Waals surface area (Å²) in [5.41, 5.74) is 3.15. The number of ether oxygens (including phenoxy) is 1. The molecule has 3 fully saturated rings. The number of carbonyl (C=O) groups excluding carboxylic acids is 3. The fraction of sp³-hybridized carbons (Fsp3) is 0.486. The van der Waals surface area contributed by atoms with Crippen molar-refractivity contribution in [2.45, 2.75) is 83.3 Å². The lowest BCUT2D eigenvalue weighted by molar-refractivity contribution is -0.120. The van der Waals surface area contributed by atoms with Gasteiger partial charge in [0.15, 0.2) is 0 Å². The third kappa shape index (κ3) is 7.01. The largest absolute Gasteiger partial charge is 0.444 e. The van der Waals surface area contributed by atoms with E-state index in [9.17, 15) is 14.4 Å². The van der Waals surface area contributed by atoms with Crippen LogP contribution in [0.3, 0.4) is 0 Å². The summed E-state index contributed by atoms with van der Waals surface area (Å²) < 4.78 is 7.52. The molecule has 3 aliphatic rings. The first-order valence-corrected chi connectivity index (χ1v) is 17.3. The van der Waals surface area contributed by atoms with Crippen LogP contribution >= 0.6 is 0 Å². The van der Waals surface area contributed by atoms with Gasteiger partial charge in [-0.05, 0) is 108 Å². The van der Waals surface area contributed by atoms with Gasteiger partial charge in [-0.2, -0.15) is 5.10 Å². The Kier molecular flexibility index (Phi) is 8.80. The number of hydrogen-bond donors (Lipinski definition) is 2. The van der Waals surface area contributed by atoms with E-state index >= 15 is 0 Å². The predicted molar refractivity (Wildman–Crippen MR) is 186 cm³/mol. The number of pyridine rings is 1. The number of nitrogens with zero attached hydrogens (tertiary/aromatic N) is 5. The molecule has 0 spiro atoms. The molecule has 1 aliphatic carbocycles. The third-order valence-electron chi connectivity index (χ3n) is 10.1. The van der Waals surface area contributed by atoms with Crippen LogP contribution in [0.15, 0.2) is 55.0 Å². The molecule has 0 bridgehead atoms. The molecule has 2 aliphatic heterocycles. The fourth-order valence-electron chi connectivity index (χ4n) is 7.68. The van der Waals surface area contributed by atoms with Crippen LogP contribution in [0.25, 0.3) is 21.7 Å². The molecular formula is C37H45N7O4. The molecule has 11 heteroatoms. The van der Waals surface area contributed by atoms with Crippen molar-refractivity contribution in [1.82, 2.24) is 25.0 Å². The van der Waals surface area contributed by atoms with E-state index in [-0.39, 0.29) is 11.9 Å². The first-order valence-electron chi connectivity index (χ1n) is 17.3. The maximum atomic E-state index is 12.6. The summed E-state index contributed by atoms with van der Waals surface area (Å²) in [4.78, 5) is 45.3. The van der Waals surface area contributed by atoms with Gasteiger partial charge in [-0.3, -0.25) is 30.0 Å². The van der Waals surface area contributed by atoms with Gasteiger partial charge in [0.25, 0.3) is 0 Å². The van der Waals surface area contributed by atoms with Crippen molar-refractivity contribution in [2.24, 2.45) is 5.92 Å². The molecule has 48 heavy (non-hydrogen) atoms. The van der Waals surface area contributed by atoms with E-state index in [1.54, 1.807) is 11.1 Å². The zero-order valence-corrected chi connectivity index (χ0v) is 28.1. The standard InChI is InChI=1S/C37H45N7O4/c1-37(2,3)48-36(47)39-27-9-12-32-26(19-27)23-44(41-32)28-10-7-24(8-11-28)22-42-16-13-25(14-17-42)29-5-4-6-30-31(29)20-38-21-33(30)43-18-15-34(45)40-35(43)46/h4-6,9,12,19-21,23-25,28H,7-8,10-11,13-18,22H2,1-3H3,(H,39,47)(H,40,45,46). The maximum Gasteiger partial charge on any atom is 0.412 e. The minimum absolute atomic E-state index is 0.234. The molecule has 2 aromatic carbocycles. The lowest BCUT2D eigenvalue weighted by atomic mass is 9.84. The molecule has 1 saturated carbocycles. The van der Waals surface area contributed by atoms with Gasteiger partial charge < -0.3 is 9.64 Å². The van der Waals surface area contributed by atoms with Gasteiger partial charge in [-0.25, -0.2) is 9.59 Å². The topological polar surface area (TPSA) is 122 Å². The number of rotatable bonds is 6. The van der Waals surface area contributed by atoms with Crippen molar-refractivity contribution in [1.29, 1.82) is 0 Å². The summed E-state index contributed by atoms with van der Waals surface area (Å²) in [5.74, 6) is 0.907. The number of benzene rings is 2. The number of fused-ring (bicyclic) bond motifs is 2.